The summed E-state index contributed by atoms with van der Waals surface area (Å²) in [6, 6.07) is 12.3. The fourth-order valence-corrected chi connectivity index (χ4v) is 4.56. The Labute approximate surface area is 187 Å². The fourth-order valence-electron chi connectivity index (χ4n) is 4.56. The van der Waals surface area contributed by atoms with Crippen molar-refractivity contribution in [3.05, 3.63) is 70.5 Å². The van der Waals surface area contributed by atoms with Crippen LogP contribution in [-0.2, 0) is 9.59 Å². The van der Waals surface area contributed by atoms with Crippen LogP contribution in [0.1, 0.15) is 47.6 Å². The molecule has 2 aliphatic heterocycles. The van der Waals surface area contributed by atoms with E-state index in [1.165, 1.54) is 12.1 Å². The Morgan fingerprint density at radius 3 is 2.44 bits per heavy atom. The maximum Gasteiger partial charge on any atom is 0.257 e. The van der Waals surface area contributed by atoms with Crippen LogP contribution in [0.2, 0.25) is 0 Å². The molecule has 6 nitrogen and oxygen atoms in total. The van der Waals surface area contributed by atoms with Crippen molar-refractivity contribution in [3.63, 3.8) is 0 Å². The summed E-state index contributed by atoms with van der Waals surface area (Å²) in [5.74, 6) is -0.755. The van der Waals surface area contributed by atoms with Crippen molar-refractivity contribution >= 4 is 17.5 Å². The number of rotatable bonds is 5. The summed E-state index contributed by atoms with van der Waals surface area (Å²) in [5, 5.41) is 6.30. The molecule has 0 aliphatic carbocycles. The van der Waals surface area contributed by atoms with Gasteiger partial charge in [0, 0.05) is 12.3 Å². The van der Waals surface area contributed by atoms with Crippen LogP contribution < -0.4 is 5.73 Å². The van der Waals surface area contributed by atoms with E-state index < -0.39 is 0 Å². The van der Waals surface area contributed by atoms with Gasteiger partial charge in [0.1, 0.15) is 5.82 Å². The highest BCUT2D eigenvalue weighted by atomic mass is 19.1. The van der Waals surface area contributed by atoms with Gasteiger partial charge in [0.05, 0.1) is 18.3 Å². The monoisotopic (exact) mass is 436 g/mol. The van der Waals surface area contributed by atoms with Crippen molar-refractivity contribution in [2.75, 3.05) is 19.6 Å². The minimum atomic E-state index is -0.300. The number of carbonyl (C=O) groups excluding carboxylic acids is 2. The van der Waals surface area contributed by atoms with Gasteiger partial charge in [0.2, 0.25) is 5.91 Å². The smallest absolute Gasteiger partial charge is 0.257 e. The quantitative estimate of drug-likeness (QED) is 0.781. The van der Waals surface area contributed by atoms with Crippen LogP contribution in [0.25, 0.3) is 0 Å². The molecule has 1 fully saturated rings. The largest absolute Gasteiger partial charge is 0.369 e. The molecule has 7 heteroatoms. The lowest BCUT2D eigenvalue weighted by molar-refractivity contribution is -0.134. The molecule has 168 valence electrons. The van der Waals surface area contributed by atoms with E-state index in [1.54, 1.807) is 17.1 Å². The molecule has 2 heterocycles. The SMILES string of the molecule is Cc1ccc(C)c(C2CC(c3ccc(F)cc3)=NN2C(=O)CN2CCC(C(N)=O)CC2)c1. The van der Waals surface area contributed by atoms with Crippen molar-refractivity contribution in [1.82, 2.24) is 9.91 Å². The van der Waals surface area contributed by atoms with Crippen LogP contribution in [0.3, 0.4) is 0 Å². The molecule has 2 aliphatic rings. The number of benzene rings is 2. The van der Waals surface area contributed by atoms with Crippen molar-refractivity contribution < 1.29 is 14.0 Å². The summed E-state index contributed by atoms with van der Waals surface area (Å²) in [6.07, 6.45) is 1.92. The third-order valence-electron chi connectivity index (χ3n) is 6.49. The normalized spacial score (nSPS) is 19.8. The summed E-state index contributed by atoms with van der Waals surface area (Å²) in [5.41, 5.74) is 10.3. The zero-order valence-electron chi connectivity index (χ0n) is 18.6. The lowest BCUT2D eigenvalue weighted by Crippen LogP contribution is -2.44. The molecular weight excluding hydrogens is 407 g/mol. The highest BCUT2D eigenvalue weighted by Gasteiger charge is 2.35. The maximum absolute atomic E-state index is 13.4. The zero-order chi connectivity index (χ0) is 22.8. The van der Waals surface area contributed by atoms with E-state index in [9.17, 15) is 14.0 Å². The van der Waals surface area contributed by atoms with Crippen molar-refractivity contribution in [3.8, 4) is 0 Å². The third-order valence-corrected chi connectivity index (χ3v) is 6.49. The fraction of sp³-hybridized carbons (Fsp3) is 0.400. The molecule has 0 saturated carbocycles. The van der Waals surface area contributed by atoms with Gasteiger partial charge in [-0.2, -0.15) is 5.10 Å². The van der Waals surface area contributed by atoms with Gasteiger partial charge in [-0.3, -0.25) is 14.5 Å². The average Bonchev–Trinajstić information content (AvgIpc) is 3.21. The van der Waals surface area contributed by atoms with Crippen molar-refractivity contribution in [1.29, 1.82) is 0 Å². The molecule has 2 amide bonds. The minimum Gasteiger partial charge on any atom is -0.369 e. The first-order valence-electron chi connectivity index (χ1n) is 11.1. The number of piperidine rings is 1. The number of nitrogens with two attached hydrogens (primary N) is 1. The predicted molar refractivity (Wildman–Crippen MR) is 121 cm³/mol. The van der Waals surface area contributed by atoms with Crippen LogP contribution in [0.5, 0.6) is 0 Å². The number of carbonyl (C=O) groups is 2. The molecule has 4 rings (SSSR count). The van der Waals surface area contributed by atoms with Gasteiger partial charge >= 0.3 is 0 Å². The average molecular weight is 437 g/mol. The van der Waals surface area contributed by atoms with E-state index in [2.05, 4.69) is 23.1 Å². The number of nitrogens with zero attached hydrogens (tertiary/aromatic N) is 3. The molecule has 0 bridgehead atoms. The number of hydrogen-bond donors (Lipinski definition) is 1. The van der Waals surface area contributed by atoms with Gasteiger partial charge in [-0.1, -0.05) is 35.9 Å². The van der Waals surface area contributed by atoms with Gasteiger partial charge in [-0.15, -0.1) is 0 Å². The van der Waals surface area contributed by atoms with Crippen LogP contribution in [0.15, 0.2) is 47.6 Å². The number of hydrogen-bond acceptors (Lipinski definition) is 4. The van der Waals surface area contributed by atoms with Crippen molar-refractivity contribution in [2.24, 2.45) is 16.8 Å². The van der Waals surface area contributed by atoms with E-state index in [1.807, 2.05) is 13.8 Å². The zero-order valence-corrected chi connectivity index (χ0v) is 18.6. The number of amides is 2. The molecule has 2 aromatic rings. The summed E-state index contributed by atoms with van der Waals surface area (Å²) in [7, 11) is 0. The van der Waals surface area contributed by atoms with Gasteiger partial charge < -0.3 is 5.73 Å². The lowest BCUT2D eigenvalue weighted by atomic mass is 9.93. The summed E-state index contributed by atoms with van der Waals surface area (Å²) in [4.78, 5) is 26.9. The van der Waals surface area contributed by atoms with Gasteiger partial charge in [0.15, 0.2) is 0 Å². The summed E-state index contributed by atoms with van der Waals surface area (Å²) >= 11 is 0. The van der Waals surface area contributed by atoms with Crippen LogP contribution in [-0.4, -0.2) is 47.1 Å². The Balaban J connectivity index is 1.57. The number of likely N-dealkylation sites (tertiary alicyclic amines) is 1. The van der Waals surface area contributed by atoms with E-state index in [0.29, 0.717) is 32.4 Å². The molecule has 32 heavy (non-hydrogen) atoms. The second-order valence-electron chi connectivity index (χ2n) is 8.82. The first-order valence-corrected chi connectivity index (χ1v) is 11.1. The molecule has 0 radical (unpaired) electrons. The number of halogens is 1. The van der Waals surface area contributed by atoms with Crippen molar-refractivity contribution in [2.45, 2.75) is 39.2 Å². The molecule has 1 atom stereocenters. The molecule has 2 N–H and O–H groups in total. The number of aryl methyl sites for hydroxylation is 2. The molecule has 1 saturated heterocycles. The van der Waals surface area contributed by atoms with Crippen LogP contribution >= 0.6 is 0 Å². The predicted octanol–water partition coefficient (Wildman–Crippen LogP) is 3.32. The molecule has 1 unspecified atom stereocenters. The second kappa shape index (κ2) is 9.20. The van der Waals surface area contributed by atoms with Crippen LogP contribution in [0, 0.1) is 25.6 Å². The Bertz CT molecular complexity index is 1040. The highest BCUT2D eigenvalue weighted by molar-refractivity contribution is 6.03. The standard InChI is InChI=1S/C25H29FN4O2/c1-16-3-4-17(2)21(13-16)23-14-22(18-5-7-20(26)8-6-18)28-30(23)24(31)15-29-11-9-19(10-12-29)25(27)32/h3-8,13,19,23H,9-12,14-15H2,1-2H3,(H2,27,32). The van der Waals surface area contributed by atoms with Gasteiger partial charge in [-0.25, -0.2) is 9.40 Å². The van der Waals surface area contributed by atoms with E-state index in [4.69, 9.17) is 10.8 Å². The van der Waals surface area contributed by atoms with Gasteiger partial charge in [-0.05, 0) is 68.6 Å². The molecular formula is C25H29FN4O2. The van der Waals surface area contributed by atoms with Crippen LogP contribution in [0.4, 0.5) is 4.39 Å². The second-order valence-corrected chi connectivity index (χ2v) is 8.82. The van der Waals surface area contributed by atoms with Gasteiger partial charge in [0.25, 0.3) is 5.91 Å². The number of primary amides is 1. The number of hydrazone groups is 1. The lowest BCUT2D eigenvalue weighted by Gasteiger charge is -2.32. The summed E-state index contributed by atoms with van der Waals surface area (Å²) < 4.78 is 13.4. The van der Waals surface area contributed by atoms with E-state index in [0.717, 1.165) is 28.0 Å². The Hall–Kier alpha value is -3.06. The maximum atomic E-state index is 13.4. The highest BCUT2D eigenvalue weighted by Crippen LogP contribution is 2.35. The topological polar surface area (TPSA) is 79.0 Å². The summed E-state index contributed by atoms with van der Waals surface area (Å²) in [6.45, 7) is 5.65. The minimum absolute atomic E-state index is 0.0782. The first-order chi connectivity index (χ1) is 15.3. The molecule has 0 spiro atoms. The van der Waals surface area contributed by atoms with E-state index >= 15 is 0 Å². The Kier molecular flexibility index (Phi) is 6.37. The third kappa shape index (κ3) is 4.72. The molecule has 0 aromatic heterocycles. The first kappa shape index (κ1) is 22.1. The Morgan fingerprint density at radius 2 is 1.78 bits per heavy atom. The Morgan fingerprint density at radius 1 is 1.09 bits per heavy atom. The van der Waals surface area contributed by atoms with E-state index in [-0.39, 0.29) is 36.1 Å². The molecule has 2 aromatic carbocycles.